The number of hydrogen-bond acceptors (Lipinski definition) is 6. The number of anilines is 1. The summed E-state index contributed by atoms with van der Waals surface area (Å²) in [5, 5.41) is 3.27. The molecule has 1 aromatic carbocycles. The van der Waals surface area contributed by atoms with Gasteiger partial charge >= 0.3 is 0 Å². The van der Waals surface area contributed by atoms with Gasteiger partial charge in [0.05, 0.1) is 30.7 Å². The molecule has 0 aliphatic heterocycles. The molecule has 136 valence electrons. The minimum absolute atomic E-state index is 0.127. The van der Waals surface area contributed by atoms with E-state index in [1.807, 2.05) is 19.1 Å². The van der Waals surface area contributed by atoms with Gasteiger partial charge in [-0.3, -0.25) is 4.79 Å². The fourth-order valence-electron chi connectivity index (χ4n) is 2.46. The number of H-pyrrole nitrogens is 1. The molecule has 1 atom stereocenters. The van der Waals surface area contributed by atoms with Gasteiger partial charge in [0.15, 0.2) is 10.8 Å². The van der Waals surface area contributed by atoms with Gasteiger partial charge in [0.25, 0.3) is 0 Å². The number of carbonyl (C=O) groups is 1. The molecule has 0 fully saturated rings. The molecule has 0 saturated carbocycles. The minimum atomic E-state index is -0.313. The molecule has 0 aliphatic rings. The largest absolute Gasteiger partial charge is 0.497 e. The van der Waals surface area contributed by atoms with Crippen molar-refractivity contribution in [3.8, 4) is 11.5 Å². The van der Waals surface area contributed by atoms with E-state index in [0.717, 1.165) is 5.52 Å². The van der Waals surface area contributed by atoms with E-state index in [1.165, 1.54) is 11.8 Å². The number of imidazole rings is 1. The van der Waals surface area contributed by atoms with Crippen molar-refractivity contribution in [2.75, 3.05) is 19.5 Å². The van der Waals surface area contributed by atoms with Crippen LogP contribution in [0, 0.1) is 0 Å². The van der Waals surface area contributed by atoms with Crippen LogP contribution in [0.4, 0.5) is 5.69 Å². The second kappa shape index (κ2) is 8.09. The molecule has 3 aromatic rings. The van der Waals surface area contributed by atoms with Crippen molar-refractivity contribution in [1.29, 1.82) is 0 Å². The number of nitrogens with one attached hydrogen (secondary N) is 2. The zero-order chi connectivity index (χ0) is 18.5. The predicted molar refractivity (Wildman–Crippen MR) is 102 cm³/mol. The number of thioether (sulfide) groups is 1. The van der Waals surface area contributed by atoms with Gasteiger partial charge in [0, 0.05) is 12.3 Å². The highest BCUT2D eigenvalue weighted by molar-refractivity contribution is 8.00. The first kappa shape index (κ1) is 18.1. The lowest BCUT2D eigenvalue weighted by atomic mass is 10.2. The van der Waals surface area contributed by atoms with Crippen molar-refractivity contribution in [3.63, 3.8) is 0 Å². The Morgan fingerprint density at radius 2 is 2.15 bits per heavy atom. The standard InChI is InChI=1S/C18H20N4O3S/c1-4-15(26-18-21-12-6-5-9-19-16(12)22-18)17(23)20-13-10-11(24-2)7-8-14(13)25-3/h5-10,15H,4H2,1-3H3,(H,20,23)(H,19,21,22). The number of fused-ring (bicyclic) bond motifs is 1. The Kier molecular flexibility index (Phi) is 5.62. The van der Waals surface area contributed by atoms with Crippen molar-refractivity contribution < 1.29 is 14.3 Å². The van der Waals surface area contributed by atoms with Gasteiger partial charge in [-0.25, -0.2) is 9.97 Å². The first-order chi connectivity index (χ1) is 12.6. The Hall–Kier alpha value is -2.74. The van der Waals surface area contributed by atoms with Gasteiger partial charge in [-0.1, -0.05) is 18.7 Å². The van der Waals surface area contributed by atoms with Crippen LogP contribution in [0.2, 0.25) is 0 Å². The Bertz CT molecular complexity index is 879. The number of benzene rings is 1. The molecule has 2 heterocycles. The second-order valence-electron chi connectivity index (χ2n) is 5.49. The summed E-state index contributed by atoms with van der Waals surface area (Å²) in [6.07, 6.45) is 2.34. The molecule has 0 spiro atoms. The van der Waals surface area contributed by atoms with Crippen LogP contribution in [0.3, 0.4) is 0 Å². The van der Waals surface area contributed by atoms with Gasteiger partial charge < -0.3 is 19.8 Å². The van der Waals surface area contributed by atoms with Crippen molar-refractivity contribution in [3.05, 3.63) is 36.5 Å². The molecular formula is C18H20N4O3S. The average Bonchev–Trinajstić information content (AvgIpc) is 3.08. The number of rotatable bonds is 7. The summed E-state index contributed by atoms with van der Waals surface area (Å²) in [4.78, 5) is 24.6. The molecule has 8 heteroatoms. The van der Waals surface area contributed by atoms with Gasteiger partial charge in [-0.15, -0.1) is 0 Å². The molecule has 3 rings (SSSR count). The summed E-state index contributed by atoms with van der Waals surface area (Å²) < 4.78 is 10.5. The second-order valence-corrected chi connectivity index (χ2v) is 6.68. The van der Waals surface area contributed by atoms with Gasteiger partial charge in [-0.2, -0.15) is 0 Å². The minimum Gasteiger partial charge on any atom is -0.497 e. The van der Waals surface area contributed by atoms with Crippen LogP contribution in [0.15, 0.2) is 41.7 Å². The Morgan fingerprint density at radius 3 is 2.85 bits per heavy atom. The number of ether oxygens (including phenoxy) is 2. The Morgan fingerprint density at radius 1 is 1.31 bits per heavy atom. The number of pyridine rings is 1. The van der Waals surface area contributed by atoms with E-state index in [0.29, 0.717) is 34.4 Å². The predicted octanol–water partition coefficient (Wildman–Crippen LogP) is 3.48. The fourth-order valence-corrected chi connectivity index (χ4v) is 3.37. The van der Waals surface area contributed by atoms with Crippen LogP contribution in [0.5, 0.6) is 11.5 Å². The molecule has 0 radical (unpaired) electrons. The summed E-state index contributed by atoms with van der Waals surface area (Å²) in [5.74, 6) is 1.09. The van der Waals surface area contributed by atoms with Crippen LogP contribution in [-0.2, 0) is 4.79 Å². The third kappa shape index (κ3) is 3.91. The van der Waals surface area contributed by atoms with Gasteiger partial charge in [0.1, 0.15) is 11.5 Å². The summed E-state index contributed by atoms with van der Waals surface area (Å²) in [5.41, 5.74) is 2.06. The highest BCUT2D eigenvalue weighted by Crippen LogP contribution is 2.31. The maximum Gasteiger partial charge on any atom is 0.238 e. The monoisotopic (exact) mass is 372 g/mol. The highest BCUT2D eigenvalue weighted by atomic mass is 32.2. The lowest BCUT2D eigenvalue weighted by Gasteiger charge is -2.16. The van der Waals surface area contributed by atoms with E-state index in [-0.39, 0.29) is 11.2 Å². The number of amides is 1. The number of methoxy groups -OCH3 is 2. The molecule has 1 unspecified atom stereocenters. The van der Waals surface area contributed by atoms with E-state index in [9.17, 15) is 4.79 Å². The summed E-state index contributed by atoms with van der Waals surface area (Å²) in [6, 6.07) is 9.02. The number of nitrogens with zero attached hydrogens (tertiary/aromatic N) is 2. The molecular weight excluding hydrogens is 352 g/mol. The average molecular weight is 372 g/mol. The lowest BCUT2D eigenvalue weighted by molar-refractivity contribution is -0.115. The molecule has 0 saturated heterocycles. The number of carbonyl (C=O) groups excluding carboxylic acids is 1. The molecule has 0 bridgehead atoms. The number of hydrogen-bond donors (Lipinski definition) is 2. The molecule has 1 amide bonds. The maximum absolute atomic E-state index is 12.7. The lowest BCUT2D eigenvalue weighted by Crippen LogP contribution is -2.25. The van der Waals surface area contributed by atoms with Crippen molar-refractivity contribution in [2.24, 2.45) is 0 Å². The number of aromatic amines is 1. The maximum atomic E-state index is 12.7. The van der Waals surface area contributed by atoms with Crippen LogP contribution >= 0.6 is 11.8 Å². The van der Waals surface area contributed by atoms with E-state index in [4.69, 9.17) is 9.47 Å². The van der Waals surface area contributed by atoms with Crippen LogP contribution in [-0.4, -0.2) is 40.3 Å². The number of aromatic nitrogens is 3. The Labute approximate surface area is 155 Å². The van der Waals surface area contributed by atoms with Crippen LogP contribution < -0.4 is 14.8 Å². The van der Waals surface area contributed by atoms with Crippen molar-refractivity contribution in [1.82, 2.24) is 15.0 Å². The Balaban J connectivity index is 1.76. The molecule has 0 aliphatic carbocycles. The third-order valence-corrected chi connectivity index (χ3v) is 5.07. The zero-order valence-electron chi connectivity index (χ0n) is 14.8. The highest BCUT2D eigenvalue weighted by Gasteiger charge is 2.21. The zero-order valence-corrected chi connectivity index (χ0v) is 15.6. The fraction of sp³-hybridized carbons (Fsp3) is 0.278. The molecule has 26 heavy (non-hydrogen) atoms. The van der Waals surface area contributed by atoms with Crippen molar-refractivity contribution >= 4 is 34.5 Å². The molecule has 2 aromatic heterocycles. The van der Waals surface area contributed by atoms with Crippen LogP contribution in [0.1, 0.15) is 13.3 Å². The van der Waals surface area contributed by atoms with E-state index in [1.54, 1.807) is 38.6 Å². The van der Waals surface area contributed by atoms with Crippen molar-refractivity contribution in [2.45, 2.75) is 23.8 Å². The van der Waals surface area contributed by atoms with Gasteiger partial charge in [-0.05, 0) is 30.7 Å². The van der Waals surface area contributed by atoms with Crippen LogP contribution in [0.25, 0.3) is 11.2 Å². The summed E-state index contributed by atoms with van der Waals surface area (Å²) >= 11 is 1.37. The first-order valence-corrected chi connectivity index (χ1v) is 9.02. The van der Waals surface area contributed by atoms with E-state index < -0.39 is 0 Å². The smallest absolute Gasteiger partial charge is 0.238 e. The molecule has 2 N–H and O–H groups in total. The third-order valence-electron chi connectivity index (χ3n) is 3.82. The summed E-state index contributed by atoms with van der Waals surface area (Å²) in [6.45, 7) is 1.96. The quantitative estimate of drug-likeness (QED) is 0.617. The molecule has 7 nitrogen and oxygen atoms in total. The topological polar surface area (TPSA) is 89.1 Å². The SMILES string of the molecule is CCC(Sc1nc2ncccc2[nH]1)C(=O)Nc1cc(OC)ccc1OC. The summed E-state index contributed by atoms with van der Waals surface area (Å²) in [7, 11) is 3.14. The first-order valence-electron chi connectivity index (χ1n) is 8.15. The van der Waals surface area contributed by atoms with Gasteiger partial charge in [0.2, 0.25) is 5.91 Å². The normalized spacial score (nSPS) is 12.0. The van der Waals surface area contributed by atoms with E-state index >= 15 is 0 Å². The van der Waals surface area contributed by atoms with E-state index in [2.05, 4.69) is 20.3 Å².